The Hall–Kier alpha value is -0.300. The first-order chi connectivity index (χ1) is 6.43. The van der Waals surface area contributed by atoms with E-state index in [1.54, 1.807) is 0 Å². The molecule has 0 aliphatic heterocycles. The Morgan fingerprint density at radius 3 is 2.54 bits per heavy atom. The van der Waals surface area contributed by atoms with Crippen molar-refractivity contribution in [3.05, 3.63) is 22.4 Å². The molecule has 74 valence electrons. The minimum atomic E-state index is 1.29. The van der Waals surface area contributed by atoms with E-state index in [4.69, 9.17) is 0 Å². The highest BCUT2D eigenvalue weighted by Crippen LogP contribution is 2.12. The van der Waals surface area contributed by atoms with E-state index < -0.39 is 0 Å². The van der Waals surface area contributed by atoms with Crippen LogP contribution < -0.4 is 0 Å². The van der Waals surface area contributed by atoms with Gasteiger partial charge in [0.25, 0.3) is 0 Å². The van der Waals surface area contributed by atoms with Gasteiger partial charge >= 0.3 is 0 Å². The summed E-state index contributed by atoms with van der Waals surface area (Å²) in [5.74, 6) is 0. The van der Waals surface area contributed by atoms with E-state index in [2.05, 4.69) is 23.8 Å². The van der Waals surface area contributed by atoms with Crippen molar-refractivity contribution in [3.8, 4) is 0 Å². The standard InChI is InChI=1S/C12H20S/c1-2-3-4-5-6-7-8-12-9-10-13-11-12/h9-11H,2-8H2,1H3. The zero-order chi connectivity index (χ0) is 9.36. The highest BCUT2D eigenvalue weighted by molar-refractivity contribution is 7.07. The van der Waals surface area contributed by atoms with Crippen LogP contribution in [0.2, 0.25) is 0 Å². The predicted molar refractivity (Wildman–Crippen MR) is 61.4 cm³/mol. The van der Waals surface area contributed by atoms with Gasteiger partial charge in [0.2, 0.25) is 0 Å². The lowest BCUT2D eigenvalue weighted by Gasteiger charge is -1.99. The van der Waals surface area contributed by atoms with Crippen LogP contribution in [0.15, 0.2) is 16.8 Å². The SMILES string of the molecule is CCCCCCCCc1ccsc1. The van der Waals surface area contributed by atoms with Crippen molar-refractivity contribution in [1.82, 2.24) is 0 Å². The zero-order valence-electron chi connectivity index (χ0n) is 8.59. The number of aryl methyl sites for hydroxylation is 1. The van der Waals surface area contributed by atoms with Gasteiger partial charge in [-0.15, -0.1) is 0 Å². The van der Waals surface area contributed by atoms with Crippen LogP contribution >= 0.6 is 11.3 Å². The van der Waals surface area contributed by atoms with Gasteiger partial charge in [0, 0.05) is 0 Å². The maximum Gasteiger partial charge on any atom is -0.00613 e. The summed E-state index contributed by atoms with van der Waals surface area (Å²) >= 11 is 1.81. The maximum atomic E-state index is 2.27. The largest absolute Gasteiger partial charge is 0.152 e. The van der Waals surface area contributed by atoms with Crippen LogP contribution in [0.4, 0.5) is 0 Å². The molecule has 0 amide bonds. The van der Waals surface area contributed by atoms with Crippen LogP contribution in [-0.2, 0) is 6.42 Å². The van der Waals surface area contributed by atoms with Gasteiger partial charge in [-0.25, -0.2) is 0 Å². The number of rotatable bonds is 7. The molecule has 0 unspecified atom stereocenters. The highest BCUT2D eigenvalue weighted by Gasteiger charge is 1.93. The summed E-state index contributed by atoms with van der Waals surface area (Å²) in [6, 6.07) is 2.25. The summed E-state index contributed by atoms with van der Waals surface area (Å²) in [6.07, 6.45) is 9.70. The van der Waals surface area contributed by atoms with Crippen molar-refractivity contribution in [1.29, 1.82) is 0 Å². The van der Waals surface area contributed by atoms with E-state index >= 15 is 0 Å². The quantitative estimate of drug-likeness (QED) is 0.557. The molecular formula is C12H20S. The first kappa shape index (κ1) is 10.8. The van der Waals surface area contributed by atoms with E-state index in [1.165, 1.54) is 50.5 Å². The Balaban J connectivity index is 1.90. The molecule has 0 saturated carbocycles. The van der Waals surface area contributed by atoms with Gasteiger partial charge in [0.05, 0.1) is 0 Å². The third-order valence-electron chi connectivity index (χ3n) is 2.40. The molecule has 0 aromatic carbocycles. The molecule has 0 atom stereocenters. The Labute approximate surface area is 86.0 Å². The van der Waals surface area contributed by atoms with Gasteiger partial charge in [-0.05, 0) is 35.2 Å². The molecule has 0 bridgehead atoms. The number of thiophene rings is 1. The Morgan fingerprint density at radius 2 is 1.85 bits per heavy atom. The normalized spacial score (nSPS) is 10.5. The molecule has 0 fully saturated rings. The van der Waals surface area contributed by atoms with Crippen LogP contribution in [0.1, 0.15) is 51.0 Å². The molecule has 0 radical (unpaired) electrons. The molecule has 1 aromatic heterocycles. The summed E-state index contributed by atoms with van der Waals surface area (Å²) < 4.78 is 0. The van der Waals surface area contributed by atoms with Gasteiger partial charge in [-0.2, -0.15) is 11.3 Å². The lowest BCUT2D eigenvalue weighted by atomic mass is 10.1. The number of unbranched alkanes of at least 4 members (excludes halogenated alkanes) is 5. The van der Waals surface area contributed by atoms with Gasteiger partial charge < -0.3 is 0 Å². The average Bonchev–Trinajstić information content (AvgIpc) is 2.63. The molecule has 1 rings (SSSR count). The Kier molecular flexibility index (Phi) is 5.92. The lowest BCUT2D eigenvalue weighted by molar-refractivity contribution is 0.608. The van der Waals surface area contributed by atoms with Crippen molar-refractivity contribution in [2.45, 2.75) is 51.9 Å². The Bertz CT molecular complexity index is 189. The summed E-state index contributed by atoms with van der Waals surface area (Å²) in [4.78, 5) is 0. The highest BCUT2D eigenvalue weighted by atomic mass is 32.1. The lowest BCUT2D eigenvalue weighted by Crippen LogP contribution is -1.83. The minimum absolute atomic E-state index is 1.29. The molecule has 1 aromatic rings. The van der Waals surface area contributed by atoms with Crippen LogP contribution in [0.5, 0.6) is 0 Å². The van der Waals surface area contributed by atoms with Crippen molar-refractivity contribution < 1.29 is 0 Å². The van der Waals surface area contributed by atoms with Gasteiger partial charge in [-0.3, -0.25) is 0 Å². The van der Waals surface area contributed by atoms with E-state index in [0.29, 0.717) is 0 Å². The fourth-order valence-electron chi connectivity index (χ4n) is 1.54. The fourth-order valence-corrected chi connectivity index (χ4v) is 2.25. The second-order valence-corrected chi connectivity index (χ2v) is 4.43. The predicted octanol–water partition coefficient (Wildman–Crippen LogP) is 4.65. The van der Waals surface area contributed by atoms with E-state index in [0.717, 1.165) is 0 Å². The third kappa shape index (κ3) is 5.09. The molecule has 13 heavy (non-hydrogen) atoms. The zero-order valence-corrected chi connectivity index (χ0v) is 9.41. The van der Waals surface area contributed by atoms with Crippen molar-refractivity contribution >= 4 is 11.3 Å². The summed E-state index contributed by atoms with van der Waals surface area (Å²) in [5, 5.41) is 4.44. The second-order valence-electron chi connectivity index (χ2n) is 3.65. The third-order valence-corrected chi connectivity index (χ3v) is 3.13. The summed E-state index contributed by atoms with van der Waals surface area (Å²) in [5.41, 5.74) is 1.53. The average molecular weight is 196 g/mol. The first-order valence-electron chi connectivity index (χ1n) is 5.44. The van der Waals surface area contributed by atoms with Crippen LogP contribution in [0, 0.1) is 0 Å². The van der Waals surface area contributed by atoms with Crippen LogP contribution in [-0.4, -0.2) is 0 Å². The molecule has 0 nitrogen and oxygen atoms in total. The molecule has 0 spiro atoms. The van der Waals surface area contributed by atoms with Crippen LogP contribution in [0.3, 0.4) is 0 Å². The molecule has 0 N–H and O–H groups in total. The maximum absolute atomic E-state index is 2.27. The van der Waals surface area contributed by atoms with Crippen molar-refractivity contribution in [2.75, 3.05) is 0 Å². The number of hydrogen-bond donors (Lipinski definition) is 0. The van der Waals surface area contributed by atoms with Gasteiger partial charge in [0.15, 0.2) is 0 Å². The molecule has 0 aliphatic rings. The second kappa shape index (κ2) is 7.14. The summed E-state index contributed by atoms with van der Waals surface area (Å²) in [6.45, 7) is 2.27. The van der Waals surface area contributed by atoms with E-state index in [-0.39, 0.29) is 0 Å². The monoisotopic (exact) mass is 196 g/mol. The molecule has 1 heteroatoms. The minimum Gasteiger partial charge on any atom is -0.152 e. The summed E-state index contributed by atoms with van der Waals surface area (Å²) in [7, 11) is 0. The first-order valence-corrected chi connectivity index (χ1v) is 6.39. The molecule has 0 saturated heterocycles. The molecular weight excluding hydrogens is 176 g/mol. The number of hydrogen-bond acceptors (Lipinski definition) is 1. The molecule has 1 heterocycles. The fraction of sp³-hybridized carbons (Fsp3) is 0.667. The van der Waals surface area contributed by atoms with Crippen molar-refractivity contribution in [2.24, 2.45) is 0 Å². The van der Waals surface area contributed by atoms with Gasteiger partial charge in [0.1, 0.15) is 0 Å². The van der Waals surface area contributed by atoms with E-state index in [1.807, 2.05) is 11.3 Å². The van der Waals surface area contributed by atoms with E-state index in [9.17, 15) is 0 Å². The molecule has 0 aliphatic carbocycles. The Morgan fingerprint density at radius 1 is 1.08 bits per heavy atom. The van der Waals surface area contributed by atoms with Crippen LogP contribution in [0.25, 0.3) is 0 Å². The topological polar surface area (TPSA) is 0 Å². The van der Waals surface area contributed by atoms with Crippen molar-refractivity contribution in [3.63, 3.8) is 0 Å². The van der Waals surface area contributed by atoms with Gasteiger partial charge in [-0.1, -0.05) is 39.0 Å². The smallest absolute Gasteiger partial charge is 0.00613 e.